The second-order valence-corrected chi connectivity index (χ2v) is 10.3. The molecular formula is C27H40N6O4. The van der Waals surface area contributed by atoms with Crippen molar-refractivity contribution in [3.8, 4) is 11.5 Å². The molecule has 1 unspecified atom stereocenters. The fourth-order valence-corrected chi connectivity index (χ4v) is 4.00. The van der Waals surface area contributed by atoms with Gasteiger partial charge in [-0.05, 0) is 82.5 Å². The van der Waals surface area contributed by atoms with Gasteiger partial charge in [-0.3, -0.25) is 16.6 Å². The molecule has 1 heterocycles. The van der Waals surface area contributed by atoms with E-state index in [2.05, 4.69) is 5.43 Å². The van der Waals surface area contributed by atoms with Crippen molar-refractivity contribution in [1.29, 1.82) is 0 Å². The second kappa shape index (κ2) is 12.4. The number of hydrogen-bond acceptors (Lipinski definition) is 9. The Morgan fingerprint density at radius 1 is 1.16 bits per heavy atom. The monoisotopic (exact) mass is 512 g/mol. The van der Waals surface area contributed by atoms with Crippen LogP contribution in [0.15, 0.2) is 59.7 Å². The molecule has 0 aromatic heterocycles. The largest absolute Gasteiger partial charge is 0.457 e. The maximum Gasteiger partial charge on any atom is 0.410 e. The molecule has 10 heteroatoms. The van der Waals surface area contributed by atoms with Crippen LogP contribution in [0.4, 0.5) is 4.79 Å². The summed E-state index contributed by atoms with van der Waals surface area (Å²) in [5.41, 5.74) is 9.16. The van der Waals surface area contributed by atoms with Crippen LogP contribution in [0, 0.1) is 0 Å². The Labute approximate surface area is 219 Å². The van der Waals surface area contributed by atoms with E-state index < -0.39 is 11.4 Å². The van der Waals surface area contributed by atoms with Gasteiger partial charge in [0.1, 0.15) is 17.1 Å². The minimum atomic E-state index is -1.74. The van der Waals surface area contributed by atoms with Gasteiger partial charge in [0, 0.05) is 26.1 Å². The highest BCUT2D eigenvalue weighted by molar-refractivity contribution is 5.98. The average Bonchev–Trinajstić information content (AvgIpc) is 2.86. The Bertz CT molecular complexity index is 1040. The summed E-state index contributed by atoms with van der Waals surface area (Å²) < 4.78 is 11.5. The van der Waals surface area contributed by atoms with Gasteiger partial charge in [-0.25, -0.2) is 10.2 Å². The number of hydrazone groups is 1. The minimum absolute atomic E-state index is 0.0783. The highest BCUT2D eigenvalue weighted by atomic mass is 16.6. The molecule has 10 nitrogen and oxygen atoms in total. The van der Waals surface area contributed by atoms with E-state index in [1.54, 1.807) is 4.90 Å². The van der Waals surface area contributed by atoms with Gasteiger partial charge in [0.15, 0.2) is 5.85 Å². The van der Waals surface area contributed by atoms with Gasteiger partial charge < -0.3 is 19.5 Å². The van der Waals surface area contributed by atoms with E-state index >= 15 is 0 Å². The number of carbonyl (C=O) groups is 1. The first kappa shape index (κ1) is 28.4. The van der Waals surface area contributed by atoms with E-state index in [9.17, 15) is 9.90 Å². The number of amides is 1. The summed E-state index contributed by atoms with van der Waals surface area (Å²) in [5, 5.41) is 17.0. The molecule has 1 aliphatic rings. The zero-order chi connectivity index (χ0) is 27.1. The van der Waals surface area contributed by atoms with E-state index in [-0.39, 0.29) is 18.6 Å². The predicted molar refractivity (Wildman–Crippen MR) is 144 cm³/mol. The number of hydrogen-bond donors (Lipinski definition) is 4. The second-order valence-electron chi connectivity index (χ2n) is 10.3. The first-order chi connectivity index (χ1) is 17.5. The lowest BCUT2D eigenvalue weighted by atomic mass is 10.0. The lowest BCUT2D eigenvalue weighted by Crippen LogP contribution is -2.58. The smallest absolute Gasteiger partial charge is 0.410 e. The number of para-hydroxylation sites is 1. The van der Waals surface area contributed by atoms with E-state index in [4.69, 9.17) is 26.2 Å². The van der Waals surface area contributed by atoms with Crippen molar-refractivity contribution in [3.63, 3.8) is 0 Å². The number of nitrogens with one attached hydrogen (secondary N) is 1. The topological polar surface area (TPSA) is 139 Å². The zero-order valence-electron chi connectivity index (χ0n) is 22.2. The number of nitrogens with two attached hydrogens (primary N) is 2. The van der Waals surface area contributed by atoms with Gasteiger partial charge in [0.25, 0.3) is 0 Å². The number of benzene rings is 2. The van der Waals surface area contributed by atoms with Crippen molar-refractivity contribution in [1.82, 2.24) is 15.3 Å². The first-order valence-electron chi connectivity index (χ1n) is 12.6. The standard InChI is InChI=1S/C27H40N6O4/c1-20(21-12-14-24(15-13-21)36-23-10-6-5-7-11-23)30-33(18-16-27(28,35)31-29)22-9-8-17-32(19-22)25(34)37-26(2,3)4/h5-7,10-15,22,31,35H,8-9,16-19,28-29H2,1-4H3/b30-20+/t22-,27?/m1/s1. The fourth-order valence-electron chi connectivity index (χ4n) is 4.00. The third-order valence-corrected chi connectivity index (χ3v) is 5.97. The zero-order valence-corrected chi connectivity index (χ0v) is 22.2. The third kappa shape index (κ3) is 9.01. The highest BCUT2D eigenvalue weighted by Crippen LogP contribution is 2.23. The molecule has 0 bridgehead atoms. The van der Waals surface area contributed by atoms with Crippen molar-refractivity contribution >= 4 is 11.8 Å². The normalized spacial score (nSPS) is 18.2. The third-order valence-electron chi connectivity index (χ3n) is 5.97. The van der Waals surface area contributed by atoms with Crippen LogP contribution in [0.3, 0.4) is 0 Å². The van der Waals surface area contributed by atoms with Gasteiger partial charge in [-0.15, -0.1) is 0 Å². The van der Waals surface area contributed by atoms with Crippen LogP contribution in [0.1, 0.15) is 52.5 Å². The quantitative estimate of drug-likeness (QED) is 0.174. The Hall–Kier alpha value is -3.18. The van der Waals surface area contributed by atoms with Crippen molar-refractivity contribution in [2.45, 2.75) is 64.4 Å². The summed E-state index contributed by atoms with van der Waals surface area (Å²) in [6, 6.07) is 17.2. The molecule has 3 rings (SSSR count). The Kier molecular flexibility index (Phi) is 9.50. The Balaban J connectivity index is 1.76. The fraction of sp³-hybridized carbons (Fsp3) is 0.481. The number of piperidine rings is 1. The number of likely N-dealkylation sites (tertiary alicyclic amines) is 1. The highest BCUT2D eigenvalue weighted by Gasteiger charge is 2.31. The van der Waals surface area contributed by atoms with E-state index in [1.807, 2.05) is 87.3 Å². The molecule has 2 atom stereocenters. The van der Waals surface area contributed by atoms with Crippen LogP contribution in [0.25, 0.3) is 0 Å². The summed E-state index contributed by atoms with van der Waals surface area (Å²) >= 11 is 0. The number of hydrazine groups is 1. The van der Waals surface area contributed by atoms with Gasteiger partial charge in [0.05, 0.1) is 11.8 Å². The molecular weight excluding hydrogens is 472 g/mol. The van der Waals surface area contributed by atoms with E-state index in [0.717, 1.165) is 35.6 Å². The van der Waals surface area contributed by atoms with Gasteiger partial charge in [0.2, 0.25) is 0 Å². The van der Waals surface area contributed by atoms with Crippen LogP contribution >= 0.6 is 0 Å². The Morgan fingerprint density at radius 3 is 2.43 bits per heavy atom. The van der Waals surface area contributed by atoms with Crippen LogP contribution in [-0.4, -0.2) is 63.9 Å². The molecule has 1 aliphatic heterocycles. The van der Waals surface area contributed by atoms with Crippen molar-refractivity contribution < 1.29 is 19.4 Å². The van der Waals surface area contributed by atoms with Crippen molar-refractivity contribution in [2.24, 2.45) is 16.7 Å². The molecule has 0 saturated carbocycles. The Morgan fingerprint density at radius 2 is 1.81 bits per heavy atom. The van der Waals surface area contributed by atoms with Crippen LogP contribution in [0.5, 0.6) is 11.5 Å². The van der Waals surface area contributed by atoms with Crippen molar-refractivity contribution in [3.05, 3.63) is 60.2 Å². The van der Waals surface area contributed by atoms with Crippen molar-refractivity contribution in [2.75, 3.05) is 19.6 Å². The predicted octanol–water partition coefficient (Wildman–Crippen LogP) is 3.36. The summed E-state index contributed by atoms with van der Waals surface area (Å²) in [4.78, 5) is 14.4. The van der Waals surface area contributed by atoms with Crippen LogP contribution in [0.2, 0.25) is 0 Å². The number of nitrogens with zero attached hydrogens (tertiary/aromatic N) is 3. The van der Waals surface area contributed by atoms with Gasteiger partial charge in [-0.2, -0.15) is 5.10 Å². The minimum Gasteiger partial charge on any atom is -0.457 e. The SMILES string of the molecule is C/C(=N\N(CCC(N)(O)NN)[C@@H]1CCCN(C(=O)OC(C)(C)C)C1)c1ccc(Oc2ccccc2)cc1. The maximum atomic E-state index is 12.7. The van der Waals surface area contributed by atoms with Gasteiger partial charge in [-0.1, -0.05) is 18.2 Å². The number of aliphatic hydroxyl groups is 1. The molecule has 0 aliphatic carbocycles. The summed E-state index contributed by atoms with van der Waals surface area (Å²) in [7, 11) is 0. The molecule has 2 aromatic rings. The molecule has 0 radical (unpaired) electrons. The summed E-state index contributed by atoms with van der Waals surface area (Å²) in [6.07, 6.45) is 1.43. The molecule has 202 valence electrons. The molecule has 2 aromatic carbocycles. The number of rotatable bonds is 9. The summed E-state index contributed by atoms with van der Waals surface area (Å²) in [5.74, 6) is 5.14. The number of ether oxygens (including phenoxy) is 2. The molecule has 6 N–H and O–H groups in total. The first-order valence-corrected chi connectivity index (χ1v) is 12.6. The van der Waals surface area contributed by atoms with Crippen LogP contribution in [-0.2, 0) is 4.74 Å². The molecule has 1 saturated heterocycles. The molecule has 1 amide bonds. The van der Waals surface area contributed by atoms with E-state index in [1.165, 1.54) is 0 Å². The molecule has 1 fully saturated rings. The van der Waals surface area contributed by atoms with Gasteiger partial charge >= 0.3 is 6.09 Å². The lowest BCUT2D eigenvalue weighted by Gasteiger charge is -2.39. The van der Waals surface area contributed by atoms with E-state index in [0.29, 0.717) is 19.6 Å². The average molecular weight is 513 g/mol. The maximum absolute atomic E-state index is 12.7. The molecule has 37 heavy (non-hydrogen) atoms. The summed E-state index contributed by atoms with van der Waals surface area (Å²) in [6.45, 7) is 8.88. The molecule has 0 spiro atoms. The lowest BCUT2D eigenvalue weighted by molar-refractivity contribution is -0.0164. The number of carbonyl (C=O) groups excluding carboxylic acids is 1. The van der Waals surface area contributed by atoms with Crippen LogP contribution < -0.4 is 21.7 Å².